The molecule has 2 fully saturated rings. The summed E-state index contributed by atoms with van der Waals surface area (Å²) < 4.78 is 21.5. The molecule has 1 amide bonds. The van der Waals surface area contributed by atoms with Gasteiger partial charge in [-0.3, -0.25) is 9.48 Å². The summed E-state index contributed by atoms with van der Waals surface area (Å²) in [4.78, 5) is 25.6. The van der Waals surface area contributed by atoms with E-state index in [0.717, 1.165) is 31.6 Å². The van der Waals surface area contributed by atoms with Gasteiger partial charge in [-0.1, -0.05) is 20.8 Å². The molecule has 6 rings (SSSR count). The predicted molar refractivity (Wildman–Crippen MR) is 149 cm³/mol. The number of imidazole rings is 1. The molecule has 4 aromatic rings. The van der Waals surface area contributed by atoms with Gasteiger partial charge in [0.2, 0.25) is 11.9 Å². The van der Waals surface area contributed by atoms with E-state index in [9.17, 15) is 4.79 Å². The molecular formula is C28H34N8O4. The number of methoxy groups -OCH3 is 1. The zero-order valence-corrected chi connectivity index (χ0v) is 23.4. The number of nitrogens with zero attached hydrogens (tertiary/aromatic N) is 6. The van der Waals surface area contributed by atoms with Crippen LogP contribution in [0.1, 0.15) is 51.8 Å². The molecule has 1 saturated carbocycles. The highest BCUT2D eigenvalue weighted by Crippen LogP contribution is 2.39. The highest BCUT2D eigenvalue weighted by atomic mass is 16.5. The summed E-state index contributed by atoms with van der Waals surface area (Å²) in [5.41, 5.74) is 2.20. The number of fused-ring (bicyclic) bond motifs is 1. The van der Waals surface area contributed by atoms with Gasteiger partial charge in [-0.15, -0.1) is 0 Å². The molecule has 5 heterocycles. The number of carbonyl (C=O) groups excluding carboxylic acids is 1. The van der Waals surface area contributed by atoms with Gasteiger partial charge in [-0.2, -0.15) is 10.1 Å². The van der Waals surface area contributed by atoms with Crippen molar-refractivity contribution in [3.63, 3.8) is 0 Å². The maximum atomic E-state index is 12.1. The molecule has 12 heteroatoms. The lowest BCUT2D eigenvalue weighted by atomic mass is 9.91. The van der Waals surface area contributed by atoms with Crippen molar-refractivity contribution in [1.82, 2.24) is 29.3 Å². The van der Waals surface area contributed by atoms with Crippen molar-refractivity contribution in [2.75, 3.05) is 31.0 Å². The van der Waals surface area contributed by atoms with E-state index in [-0.39, 0.29) is 23.3 Å². The Morgan fingerprint density at radius 3 is 2.67 bits per heavy atom. The number of amides is 1. The van der Waals surface area contributed by atoms with E-state index in [4.69, 9.17) is 24.3 Å². The van der Waals surface area contributed by atoms with Crippen LogP contribution in [0.2, 0.25) is 0 Å². The number of nitrogens with one attached hydrogen (secondary N) is 2. The maximum absolute atomic E-state index is 12.1. The normalized spacial score (nSPS) is 17.3. The van der Waals surface area contributed by atoms with Gasteiger partial charge in [0.25, 0.3) is 0 Å². The third kappa shape index (κ3) is 5.06. The summed E-state index contributed by atoms with van der Waals surface area (Å²) in [6.45, 7) is 7.94. The van der Waals surface area contributed by atoms with Crippen LogP contribution >= 0.6 is 0 Å². The van der Waals surface area contributed by atoms with Crippen LogP contribution in [0.15, 0.2) is 30.6 Å². The standard InChI is InChI=1S/C28H34N8O4/c1-28(2,3)20-13-22(34-36(20)17-9-11-39-15-17)32-27-33-25-23(35(27)4)24(38-5)19(14-30-25)40-18-8-10-29-21(12-18)31-26(37)16-6-7-16/h8,10,12-14,16-17H,6-7,9,11,15H2,1-5H3,(H,29,31,37)(H,30,32,33,34)/t17-/m0/s1. The molecule has 0 unspecified atom stereocenters. The van der Waals surface area contributed by atoms with Gasteiger partial charge in [0.1, 0.15) is 17.1 Å². The Kier molecular flexibility index (Phi) is 6.57. The Morgan fingerprint density at radius 2 is 1.98 bits per heavy atom. The van der Waals surface area contributed by atoms with Crippen LogP contribution in [-0.2, 0) is 22.0 Å². The lowest BCUT2D eigenvalue weighted by Gasteiger charge is -2.22. The van der Waals surface area contributed by atoms with Crippen molar-refractivity contribution in [3.05, 3.63) is 36.3 Å². The number of pyridine rings is 2. The summed E-state index contributed by atoms with van der Waals surface area (Å²) in [6, 6.07) is 5.67. The summed E-state index contributed by atoms with van der Waals surface area (Å²) in [7, 11) is 3.46. The van der Waals surface area contributed by atoms with Crippen molar-refractivity contribution >= 4 is 34.7 Å². The van der Waals surface area contributed by atoms with E-state index < -0.39 is 0 Å². The fourth-order valence-electron chi connectivity index (χ4n) is 4.87. The molecule has 40 heavy (non-hydrogen) atoms. The molecule has 210 valence electrons. The third-order valence-corrected chi connectivity index (χ3v) is 7.18. The summed E-state index contributed by atoms with van der Waals surface area (Å²) in [5, 5.41) is 11.1. The Balaban J connectivity index is 1.28. The molecule has 1 saturated heterocycles. The monoisotopic (exact) mass is 546 g/mol. The average Bonchev–Trinajstić information content (AvgIpc) is 3.31. The number of ether oxygens (including phenoxy) is 3. The van der Waals surface area contributed by atoms with E-state index in [0.29, 0.717) is 52.6 Å². The van der Waals surface area contributed by atoms with Crippen LogP contribution in [-0.4, -0.2) is 55.5 Å². The fourth-order valence-corrected chi connectivity index (χ4v) is 4.87. The first-order valence-electron chi connectivity index (χ1n) is 13.5. The first-order chi connectivity index (χ1) is 19.2. The molecule has 0 radical (unpaired) electrons. The number of rotatable bonds is 8. The van der Waals surface area contributed by atoms with Gasteiger partial charge in [0.05, 0.1) is 26.0 Å². The molecule has 0 bridgehead atoms. The molecule has 0 aromatic carbocycles. The van der Waals surface area contributed by atoms with Gasteiger partial charge in [0.15, 0.2) is 23.0 Å². The highest BCUT2D eigenvalue weighted by Gasteiger charge is 2.30. The van der Waals surface area contributed by atoms with Crippen molar-refractivity contribution in [1.29, 1.82) is 0 Å². The van der Waals surface area contributed by atoms with Crippen LogP contribution in [0.25, 0.3) is 11.2 Å². The van der Waals surface area contributed by atoms with E-state index in [1.54, 1.807) is 31.6 Å². The average molecular weight is 547 g/mol. The van der Waals surface area contributed by atoms with E-state index >= 15 is 0 Å². The minimum atomic E-state index is -0.0909. The van der Waals surface area contributed by atoms with E-state index in [2.05, 4.69) is 52.1 Å². The Hall–Kier alpha value is -4.19. The number of carbonyl (C=O) groups is 1. The van der Waals surface area contributed by atoms with Crippen LogP contribution in [0.5, 0.6) is 17.2 Å². The summed E-state index contributed by atoms with van der Waals surface area (Å²) >= 11 is 0. The lowest BCUT2D eigenvalue weighted by Crippen LogP contribution is -2.22. The molecule has 4 aromatic heterocycles. The first-order valence-corrected chi connectivity index (χ1v) is 13.5. The zero-order valence-electron chi connectivity index (χ0n) is 23.4. The molecule has 0 spiro atoms. The van der Waals surface area contributed by atoms with Gasteiger partial charge in [-0.25, -0.2) is 9.97 Å². The van der Waals surface area contributed by atoms with Crippen LogP contribution in [0, 0.1) is 5.92 Å². The molecule has 2 N–H and O–H groups in total. The van der Waals surface area contributed by atoms with Crippen LogP contribution < -0.4 is 20.1 Å². The third-order valence-electron chi connectivity index (χ3n) is 7.18. The largest absolute Gasteiger partial charge is 0.491 e. The number of hydrogen-bond donors (Lipinski definition) is 2. The quantitative estimate of drug-likeness (QED) is 0.323. The number of anilines is 3. The van der Waals surface area contributed by atoms with E-state index in [1.807, 2.05) is 11.6 Å². The second kappa shape index (κ2) is 10.1. The van der Waals surface area contributed by atoms with Gasteiger partial charge in [-0.05, 0) is 25.3 Å². The predicted octanol–water partition coefficient (Wildman–Crippen LogP) is 4.71. The fraction of sp³-hybridized carbons (Fsp3) is 0.464. The first kappa shape index (κ1) is 26.1. The molecule has 1 atom stereocenters. The van der Waals surface area contributed by atoms with Crippen molar-refractivity contribution < 1.29 is 19.0 Å². The van der Waals surface area contributed by atoms with Gasteiger partial charge < -0.3 is 29.4 Å². The van der Waals surface area contributed by atoms with E-state index in [1.165, 1.54) is 0 Å². The molecule has 1 aliphatic heterocycles. The molecule has 12 nitrogen and oxygen atoms in total. The highest BCUT2D eigenvalue weighted by molar-refractivity contribution is 5.93. The minimum Gasteiger partial charge on any atom is -0.491 e. The van der Waals surface area contributed by atoms with Crippen LogP contribution in [0.3, 0.4) is 0 Å². The lowest BCUT2D eigenvalue weighted by molar-refractivity contribution is -0.117. The van der Waals surface area contributed by atoms with Crippen molar-refractivity contribution in [2.24, 2.45) is 13.0 Å². The van der Waals surface area contributed by atoms with Gasteiger partial charge >= 0.3 is 0 Å². The smallest absolute Gasteiger partial charge is 0.228 e. The zero-order chi connectivity index (χ0) is 28.0. The SMILES string of the molecule is COc1c(Oc2ccnc(NC(=O)C3CC3)c2)cnc2nc(Nc3cc(C(C)(C)C)n([C@H]4CCOC4)n3)n(C)c12. The molecule has 2 aliphatic rings. The molecular weight excluding hydrogens is 512 g/mol. The Labute approximate surface area is 232 Å². The second-order valence-electron chi connectivity index (χ2n) is 11.3. The second-order valence-corrected chi connectivity index (χ2v) is 11.3. The van der Waals surface area contributed by atoms with Crippen molar-refractivity contribution in [2.45, 2.75) is 51.5 Å². The Morgan fingerprint density at radius 1 is 1.15 bits per heavy atom. The summed E-state index contributed by atoms with van der Waals surface area (Å²) in [5.74, 6) is 3.16. The maximum Gasteiger partial charge on any atom is 0.228 e. The minimum absolute atomic E-state index is 0.0174. The number of aromatic nitrogens is 6. The summed E-state index contributed by atoms with van der Waals surface area (Å²) in [6.07, 6.45) is 5.94. The topological polar surface area (TPSA) is 130 Å². The molecule has 1 aliphatic carbocycles. The number of hydrogen-bond acceptors (Lipinski definition) is 9. The van der Waals surface area contributed by atoms with Crippen molar-refractivity contribution in [3.8, 4) is 17.2 Å². The van der Waals surface area contributed by atoms with Gasteiger partial charge in [0, 0.05) is 49.0 Å². The van der Waals surface area contributed by atoms with Crippen LogP contribution in [0.4, 0.5) is 17.6 Å². The Bertz CT molecular complexity index is 1560. The number of aryl methyl sites for hydroxylation is 1.